The molecule has 0 aromatic heterocycles. The molecule has 0 spiro atoms. The Morgan fingerprint density at radius 2 is 2.21 bits per heavy atom. The van der Waals surface area contributed by atoms with Crippen molar-refractivity contribution in [1.29, 1.82) is 0 Å². The van der Waals surface area contributed by atoms with Crippen LogP contribution in [0.5, 0.6) is 0 Å². The van der Waals surface area contributed by atoms with Crippen molar-refractivity contribution in [3.05, 3.63) is 0 Å². The van der Waals surface area contributed by atoms with Crippen LogP contribution in [0.4, 0.5) is 0 Å². The number of carbonyl (C=O) groups is 1. The molecule has 1 aliphatic rings. The highest BCUT2D eigenvalue weighted by molar-refractivity contribution is 7.89. The van der Waals surface area contributed by atoms with E-state index in [2.05, 4.69) is 0 Å². The van der Waals surface area contributed by atoms with Gasteiger partial charge >= 0.3 is 0 Å². The van der Waals surface area contributed by atoms with E-state index in [-0.39, 0.29) is 18.2 Å². The maximum atomic E-state index is 11.5. The lowest BCUT2D eigenvalue weighted by molar-refractivity contribution is -0.116. The molecular weight excluding hydrogens is 226 g/mol. The molecule has 0 bridgehead atoms. The number of halogens is 1. The third-order valence-corrected chi connectivity index (χ3v) is 4.62. The molecular formula is C8H14ClNO3S. The van der Waals surface area contributed by atoms with E-state index in [1.165, 1.54) is 4.31 Å². The van der Waals surface area contributed by atoms with Crippen LogP contribution < -0.4 is 0 Å². The van der Waals surface area contributed by atoms with Crippen molar-refractivity contribution in [1.82, 2.24) is 4.31 Å². The molecule has 1 saturated heterocycles. The second-order valence-corrected chi connectivity index (χ2v) is 6.03. The van der Waals surface area contributed by atoms with Gasteiger partial charge in [0.1, 0.15) is 0 Å². The van der Waals surface area contributed by atoms with Gasteiger partial charge < -0.3 is 0 Å². The van der Waals surface area contributed by atoms with E-state index in [0.29, 0.717) is 19.4 Å². The van der Waals surface area contributed by atoms with Crippen LogP contribution in [0.2, 0.25) is 0 Å². The first-order chi connectivity index (χ1) is 6.47. The highest BCUT2D eigenvalue weighted by Gasteiger charge is 2.30. The molecule has 1 rings (SSSR count). The zero-order valence-electron chi connectivity index (χ0n) is 8.07. The monoisotopic (exact) mass is 239 g/mol. The molecule has 0 saturated carbocycles. The van der Waals surface area contributed by atoms with E-state index in [1.54, 1.807) is 6.92 Å². The number of carbonyl (C=O) groups excluding carboxylic acids is 1. The first-order valence-electron chi connectivity index (χ1n) is 4.64. The van der Waals surface area contributed by atoms with Crippen molar-refractivity contribution in [2.45, 2.75) is 19.8 Å². The van der Waals surface area contributed by atoms with E-state index >= 15 is 0 Å². The fraction of sp³-hybridized carbons (Fsp3) is 0.875. The van der Waals surface area contributed by atoms with Crippen molar-refractivity contribution in [2.75, 3.05) is 18.8 Å². The number of piperidine rings is 1. The lowest BCUT2D eigenvalue weighted by Gasteiger charge is -2.29. The lowest BCUT2D eigenvalue weighted by atomic mass is 10.0. The average Bonchev–Trinajstić information content (AvgIpc) is 2.18. The quantitative estimate of drug-likeness (QED) is 0.685. The Hall–Kier alpha value is -0.130. The molecule has 1 fully saturated rings. The summed E-state index contributed by atoms with van der Waals surface area (Å²) in [6.45, 7) is 2.36. The van der Waals surface area contributed by atoms with Crippen LogP contribution in [-0.4, -0.2) is 36.8 Å². The fourth-order valence-corrected chi connectivity index (χ4v) is 2.92. The predicted molar refractivity (Wildman–Crippen MR) is 54.6 cm³/mol. The van der Waals surface area contributed by atoms with Gasteiger partial charge in [-0.2, -0.15) is 0 Å². The smallest absolute Gasteiger partial charge is 0.226 e. The SMILES string of the molecule is CCS(=O)(=O)N1CCCC(C(=O)Cl)C1. The summed E-state index contributed by atoms with van der Waals surface area (Å²) in [5.74, 6) is -0.248. The van der Waals surface area contributed by atoms with Gasteiger partial charge in [0.05, 0.1) is 5.75 Å². The van der Waals surface area contributed by atoms with Gasteiger partial charge in [0.25, 0.3) is 0 Å². The van der Waals surface area contributed by atoms with Crippen molar-refractivity contribution in [2.24, 2.45) is 5.92 Å². The van der Waals surface area contributed by atoms with Gasteiger partial charge in [0.15, 0.2) is 0 Å². The second-order valence-electron chi connectivity index (χ2n) is 3.40. The van der Waals surface area contributed by atoms with Crippen molar-refractivity contribution in [3.8, 4) is 0 Å². The summed E-state index contributed by atoms with van der Waals surface area (Å²) < 4.78 is 24.4. The fourth-order valence-electron chi connectivity index (χ4n) is 1.56. The average molecular weight is 240 g/mol. The highest BCUT2D eigenvalue weighted by atomic mass is 35.5. The van der Waals surface area contributed by atoms with Gasteiger partial charge in [0, 0.05) is 19.0 Å². The normalized spacial score (nSPS) is 24.9. The van der Waals surface area contributed by atoms with Gasteiger partial charge in [-0.25, -0.2) is 12.7 Å². The summed E-state index contributed by atoms with van der Waals surface area (Å²) in [6, 6.07) is 0. The summed E-state index contributed by atoms with van der Waals surface area (Å²) in [7, 11) is -3.17. The largest absolute Gasteiger partial charge is 0.281 e. The zero-order chi connectivity index (χ0) is 10.8. The van der Waals surface area contributed by atoms with Crippen LogP contribution in [0.15, 0.2) is 0 Å². The molecule has 0 radical (unpaired) electrons. The molecule has 0 aliphatic carbocycles. The van der Waals surface area contributed by atoms with Crippen LogP contribution in [-0.2, 0) is 14.8 Å². The second kappa shape index (κ2) is 4.59. The molecule has 1 atom stereocenters. The van der Waals surface area contributed by atoms with Crippen molar-refractivity contribution >= 4 is 26.9 Å². The lowest BCUT2D eigenvalue weighted by Crippen LogP contribution is -2.42. The number of nitrogens with zero attached hydrogens (tertiary/aromatic N) is 1. The Morgan fingerprint density at radius 1 is 1.57 bits per heavy atom. The number of hydrogen-bond donors (Lipinski definition) is 0. The first-order valence-corrected chi connectivity index (χ1v) is 6.63. The summed E-state index contributed by atoms with van der Waals surface area (Å²) in [6.07, 6.45) is 1.40. The van der Waals surface area contributed by atoms with Crippen LogP contribution in [0.25, 0.3) is 0 Å². The molecule has 0 amide bonds. The summed E-state index contributed by atoms with van der Waals surface area (Å²) >= 11 is 5.35. The molecule has 14 heavy (non-hydrogen) atoms. The van der Waals surface area contributed by atoms with Crippen molar-refractivity contribution < 1.29 is 13.2 Å². The summed E-state index contributed by atoms with van der Waals surface area (Å²) in [5, 5.41) is -0.430. The van der Waals surface area contributed by atoms with E-state index in [9.17, 15) is 13.2 Å². The van der Waals surface area contributed by atoms with Gasteiger partial charge in [-0.05, 0) is 31.4 Å². The van der Waals surface area contributed by atoms with Gasteiger partial charge in [-0.1, -0.05) is 0 Å². The minimum absolute atomic E-state index is 0.0796. The third-order valence-electron chi connectivity index (χ3n) is 2.46. The highest BCUT2D eigenvalue weighted by Crippen LogP contribution is 2.21. The van der Waals surface area contributed by atoms with Crippen LogP contribution in [0.3, 0.4) is 0 Å². The molecule has 0 aromatic carbocycles. The van der Waals surface area contributed by atoms with E-state index in [4.69, 9.17) is 11.6 Å². The minimum Gasteiger partial charge on any atom is -0.281 e. The molecule has 0 aromatic rings. The Kier molecular flexibility index (Phi) is 3.92. The molecule has 82 valence electrons. The predicted octanol–water partition coefficient (Wildman–Crippen LogP) is 0.814. The van der Waals surface area contributed by atoms with E-state index < -0.39 is 15.3 Å². The van der Waals surface area contributed by atoms with Crippen LogP contribution in [0, 0.1) is 5.92 Å². The van der Waals surface area contributed by atoms with Crippen LogP contribution >= 0.6 is 11.6 Å². The molecule has 6 heteroatoms. The third kappa shape index (κ3) is 2.68. The molecule has 1 heterocycles. The first kappa shape index (κ1) is 11.9. The number of rotatable bonds is 3. The Balaban J connectivity index is 2.70. The van der Waals surface area contributed by atoms with E-state index in [0.717, 1.165) is 0 Å². The maximum absolute atomic E-state index is 11.5. The van der Waals surface area contributed by atoms with Gasteiger partial charge in [-0.15, -0.1) is 0 Å². The van der Waals surface area contributed by atoms with Gasteiger partial charge in [-0.3, -0.25) is 4.79 Å². The van der Waals surface area contributed by atoms with Crippen LogP contribution in [0.1, 0.15) is 19.8 Å². The molecule has 1 unspecified atom stereocenters. The van der Waals surface area contributed by atoms with E-state index in [1.807, 2.05) is 0 Å². The standard InChI is InChI=1S/C8H14ClNO3S/c1-2-14(12,13)10-5-3-4-7(6-10)8(9)11/h7H,2-6H2,1H3. The Morgan fingerprint density at radius 3 is 2.71 bits per heavy atom. The number of sulfonamides is 1. The summed E-state index contributed by atoms with van der Waals surface area (Å²) in [5.41, 5.74) is 0. The minimum atomic E-state index is -3.17. The molecule has 0 N–H and O–H groups in total. The zero-order valence-corrected chi connectivity index (χ0v) is 9.64. The Bertz CT molecular complexity index is 315. The summed E-state index contributed by atoms with van der Waals surface area (Å²) in [4.78, 5) is 10.9. The maximum Gasteiger partial charge on any atom is 0.226 e. The number of hydrogen-bond acceptors (Lipinski definition) is 3. The molecule has 1 aliphatic heterocycles. The molecule has 4 nitrogen and oxygen atoms in total. The van der Waals surface area contributed by atoms with Crippen molar-refractivity contribution in [3.63, 3.8) is 0 Å². The topological polar surface area (TPSA) is 54.5 Å². The van der Waals surface area contributed by atoms with Gasteiger partial charge in [0.2, 0.25) is 15.3 Å². The Labute approximate surface area is 89.3 Å².